The lowest BCUT2D eigenvalue weighted by atomic mass is 9.58. The summed E-state index contributed by atoms with van der Waals surface area (Å²) in [5.41, 5.74) is 11.7. The highest BCUT2D eigenvalue weighted by Gasteiger charge is 2.43. The molecule has 9 rings (SSSR count). The van der Waals surface area contributed by atoms with Gasteiger partial charge in [0.15, 0.2) is 0 Å². The van der Waals surface area contributed by atoms with E-state index in [1.807, 2.05) is 0 Å². The van der Waals surface area contributed by atoms with Crippen LogP contribution in [-0.4, -0.2) is 0 Å². The first-order valence-electron chi connectivity index (χ1n) is 20.9. The van der Waals surface area contributed by atoms with E-state index in [2.05, 4.69) is 194 Å². The van der Waals surface area contributed by atoms with Crippen LogP contribution in [-0.2, 0) is 5.41 Å². The van der Waals surface area contributed by atoms with Crippen LogP contribution in [0.25, 0.3) is 0 Å². The zero-order valence-corrected chi connectivity index (χ0v) is 32.9. The zero-order chi connectivity index (χ0) is 37.4. The van der Waals surface area contributed by atoms with Crippen molar-refractivity contribution in [1.29, 1.82) is 0 Å². The standard InChI is InChI=1S/C53H56N2/c1-52(2,3)44-14-13-35-53(38-44,42-25-31-49(32-26-42)54(45-15-7-4-8-16-45)46-17-9-5-10-18-46)43-27-33-50(34-28-43)55(47-19-11-6-12-20-47)48-29-23-40(24-30-48)51-37-39-21-22-41(51)36-39/h4-12,15-20,23-34,39,41,44,51H,13-14,21-22,35-38H2,1-3H3. The van der Waals surface area contributed by atoms with E-state index < -0.39 is 0 Å². The molecule has 0 aromatic heterocycles. The summed E-state index contributed by atoms with van der Waals surface area (Å²) in [4.78, 5) is 4.81. The first-order valence-corrected chi connectivity index (χ1v) is 20.9. The fourth-order valence-corrected chi connectivity index (χ4v) is 10.7. The Morgan fingerprint density at radius 1 is 0.473 bits per heavy atom. The molecule has 2 nitrogen and oxygen atoms in total. The number of para-hydroxylation sites is 3. The minimum absolute atomic E-state index is 0.0581. The Morgan fingerprint density at radius 2 is 0.909 bits per heavy atom. The molecule has 2 bridgehead atoms. The Bertz CT molecular complexity index is 2110. The number of anilines is 6. The maximum atomic E-state index is 2.45. The number of hydrogen-bond donors (Lipinski definition) is 0. The molecule has 5 unspecified atom stereocenters. The molecule has 278 valence electrons. The van der Waals surface area contributed by atoms with Crippen LogP contribution in [0.4, 0.5) is 34.1 Å². The van der Waals surface area contributed by atoms with Gasteiger partial charge >= 0.3 is 0 Å². The Labute approximate surface area is 329 Å². The van der Waals surface area contributed by atoms with Crippen molar-refractivity contribution < 1.29 is 0 Å². The largest absolute Gasteiger partial charge is 0.311 e. The Balaban J connectivity index is 1.08. The molecule has 6 aromatic carbocycles. The first kappa shape index (κ1) is 35.6. The summed E-state index contributed by atoms with van der Waals surface area (Å²) in [5, 5.41) is 0. The molecule has 3 aliphatic rings. The molecule has 0 saturated heterocycles. The third kappa shape index (κ3) is 7.01. The molecule has 0 spiro atoms. The van der Waals surface area contributed by atoms with E-state index in [9.17, 15) is 0 Å². The number of fused-ring (bicyclic) bond motifs is 2. The molecule has 3 fully saturated rings. The second kappa shape index (κ2) is 14.9. The number of nitrogens with zero attached hydrogens (tertiary/aromatic N) is 2. The predicted octanol–water partition coefficient (Wildman–Crippen LogP) is 15.1. The van der Waals surface area contributed by atoms with Crippen molar-refractivity contribution in [3.05, 3.63) is 180 Å². The van der Waals surface area contributed by atoms with Gasteiger partial charge in [0.2, 0.25) is 0 Å². The van der Waals surface area contributed by atoms with Gasteiger partial charge in [-0.3, -0.25) is 0 Å². The highest BCUT2D eigenvalue weighted by atomic mass is 15.1. The average molecular weight is 721 g/mol. The number of rotatable bonds is 9. The SMILES string of the molecule is CC(C)(C)C1CCCC(c2ccc(N(c3ccccc3)c3ccccc3)cc2)(c2ccc(N(c3ccccc3)c3ccc(C4CC5CCC4C5)cc3)cc2)C1. The third-order valence-corrected chi connectivity index (χ3v) is 13.7. The van der Waals surface area contributed by atoms with Crippen LogP contribution >= 0.6 is 0 Å². The topological polar surface area (TPSA) is 6.48 Å². The van der Waals surface area contributed by atoms with Gasteiger partial charge in [-0.25, -0.2) is 0 Å². The smallest absolute Gasteiger partial charge is 0.0461 e. The Hall–Kier alpha value is -5.08. The van der Waals surface area contributed by atoms with Crippen molar-refractivity contribution >= 4 is 34.1 Å². The van der Waals surface area contributed by atoms with Gasteiger partial charge in [0.1, 0.15) is 0 Å². The van der Waals surface area contributed by atoms with E-state index in [-0.39, 0.29) is 10.8 Å². The van der Waals surface area contributed by atoms with Crippen LogP contribution in [0.2, 0.25) is 0 Å². The number of benzene rings is 6. The lowest BCUT2D eigenvalue weighted by Gasteiger charge is -2.46. The lowest BCUT2D eigenvalue weighted by Crippen LogP contribution is -2.38. The highest BCUT2D eigenvalue weighted by Crippen LogP contribution is 2.54. The van der Waals surface area contributed by atoms with Crippen molar-refractivity contribution in [2.24, 2.45) is 23.2 Å². The molecule has 0 radical (unpaired) electrons. The normalized spacial score (nSPS) is 23.4. The van der Waals surface area contributed by atoms with Crippen LogP contribution < -0.4 is 9.80 Å². The predicted molar refractivity (Wildman–Crippen MR) is 233 cm³/mol. The zero-order valence-electron chi connectivity index (χ0n) is 32.9. The fraction of sp³-hybridized carbons (Fsp3) is 0.321. The third-order valence-electron chi connectivity index (χ3n) is 13.7. The molecule has 0 N–H and O–H groups in total. The van der Waals surface area contributed by atoms with Gasteiger partial charge in [-0.05, 0) is 157 Å². The van der Waals surface area contributed by atoms with Gasteiger partial charge in [-0.15, -0.1) is 0 Å². The van der Waals surface area contributed by atoms with E-state index in [0.717, 1.165) is 30.6 Å². The van der Waals surface area contributed by atoms with Gasteiger partial charge in [0.05, 0.1) is 0 Å². The quantitative estimate of drug-likeness (QED) is 0.147. The van der Waals surface area contributed by atoms with Crippen molar-refractivity contribution in [2.75, 3.05) is 9.80 Å². The molecule has 0 amide bonds. The minimum Gasteiger partial charge on any atom is -0.311 e. The van der Waals surface area contributed by atoms with Crippen molar-refractivity contribution in [1.82, 2.24) is 0 Å². The molecule has 3 saturated carbocycles. The van der Waals surface area contributed by atoms with Crippen LogP contribution in [0.5, 0.6) is 0 Å². The summed E-state index contributed by atoms with van der Waals surface area (Å²) in [6, 6.07) is 61.2. The molecule has 6 aromatic rings. The summed E-state index contributed by atoms with van der Waals surface area (Å²) < 4.78 is 0. The van der Waals surface area contributed by atoms with Crippen LogP contribution in [0.15, 0.2) is 164 Å². The van der Waals surface area contributed by atoms with Gasteiger partial charge in [0, 0.05) is 39.5 Å². The van der Waals surface area contributed by atoms with E-state index in [1.54, 1.807) is 0 Å². The summed E-state index contributed by atoms with van der Waals surface area (Å²) >= 11 is 0. The lowest BCUT2D eigenvalue weighted by molar-refractivity contribution is 0.137. The van der Waals surface area contributed by atoms with Crippen molar-refractivity contribution in [3.63, 3.8) is 0 Å². The van der Waals surface area contributed by atoms with E-state index in [4.69, 9.17) is 0 Å². The molecule has 55 heavy (non-hydrogen) atoms. The maximum Gasteiger partial charge on any atom is 0.0461 e. The van der Waals surface area contributed by atoms with E-state index in [1.165, 1.54) is 89.3 Å². The first-order chi connectivity index (χ1) is 26.9. The molecular weight excluding hydrogens is 665 g/mol. The second-order valence-electron chi connectivity index (χ2n) is 17.9. The summed E-state index contributed by atoms with van der Waals surface area (Å²) in [6.07, 6.45) is 10.5. The average Bonchev–Trinajstić information content (AvgIpc) is 3.88. The van der Waals surface area contributed by atoms with Gasteiger partial charge in [-0.1, -0.05) is 125 Å². The monoisotopic (exact) mass is 720 g/mol. The summed E-state index contributed by atoms with van der Waals surface area (Å²) in [5.74, 6) is 3.23. The summed E-state index contributed by atoms with van der Waals surface area (Å²) in [6.45, 7) is 7.33. The van der Waals surface area contributed by atoms with Crippen LogP contribution in [0.3, 0.4) is 0 Å². The molecule has 3 aliphatic carbocycles. The van der Waals surface area contributed by atoms with Crippen LogP contribution in [0.1, 0.15) is 94.7 Å². The molecule has 0 aliphatic heterocycles. The molecular formula is C53H56N2. The highest BCUT2D eigenvalue weighted by molar-refractivity contribution is 5.78. The van der Waals surface area contributed by atoms with Crippen molar-refractivity contribution in [3.8, 4) is 0 Å². The molecule has 0 heterocycles. The second-order valence-corrected chi connectivity index (χ2v) is 17.9. The molecule has 5 atom stereocenters. The van der Waals surface area contributed by atoms with Gasteiger partial charge in [0.25, 0.3) is 0 Å². The van der Waals surface area contributed by atoms with Crippen molar-refractivity contribution in [2.45, 2.75) is 83.5 Å². The van der Waals surface area contributed by atoms with E-state index in [0.29, 0.717) is 5.92 Å². The Morgan fingerprint density at radius 3 is 1.31 bits per heavy atom. The summed E-state index contributed by atoms with van der Waals surface area (Å²) in [7, 11) is 0. The van der Waals surface area contributed by atoms with Crippen LogP contribution in [0, 0.1) is 23.2 Å². The maximum absolute atomic E-state index is 2.45. The molecule has 2 heteroatoms. The fourth-order valence-electron chi connectivity index (χ4n) is 10.7. The Kier molecular flexibility index (Phi) is 9.63. The minimum atomic E-state index is -0.0581. The van der Waals surface area contributed by atoms with Gasteiger partial charge < -0.3 is 9.80 Å². The van der Waals surface area contributed by atoms with E-state index >= 15 is 0 Å². The number of hydrogen-bond acceptors (Lipinski definition) is 2. The van der Waals surface area contributed by atoms with Gasteiger partial charge in [-0.2, -0.15) is 0 Å².